The summed E-state index contributed by atoms with van der Waals surface area (Å²) in [6, 6.07) is 72.5. The number of aromatic nitrogens is 3. The lowest BCUT2D eigenvalue weighted by Gasteiger charge is -2.11. The second-order valence-electron chi connectivity index (χ2n) is 15.3. The molecule has 0 spiro atoms. The molecule has 0 aliphatic heterocycles. The van der Waals surface area contributed by atoms with Crippen LogP contribution in [0.2, 0.25) is 0 Å². The quantitative estimate of drug-likeness (QED) is 0.177. The Labute approximate surface area is 332 Å². The molecule has 4 nitrogen and oxygen atoms in total. The van der Waals surface area contributed by atoms with Gasteiger partial charge in [-0.2, -0.15) is 0 Å². The van der Waals surface area contributed by atoms with Crippen molar-refractivity contribution in [3.05, 3.63) is 200 Å². The molecule has 0 aliphatic rings. The van der Waals surface area contributed by atoms with Gasteiger partial charge in [-0.15, -0.1) is 0 Å². The number of hydrogen-bond donors (Lipinski definition) is 0. The van der Waals surface area contributed by atoms with Gasteiger partial charge in [-0.25, -0.2) is 0 Å². The van der Waals surface area contributed by atoms with Gasteiger partial charge in [-0.1, -0.05) is 121 Å². The molecule has 0 bridgehead atoms. The number of nitrogens with zero attached hydrogens (tertiary/aromatic N) is 3. The van der Waals surface area contributed by atoms with Crippen molar-refractivity contribution in [1.82, 2.24) is 13.7 Å². The first-order valence-electron chi connectivity index (χ1n) is 19.8. The molecule has 0 N–H and O–H groups in total. The highest BCUT2D eigenvalue weighted by Crippen LogP contribution is 2.41. The van der Waals surface area contributed by atoms with Gasteiger partial charge in [0.15, 0.2) is 5.58 Å². The average molecular weight is 740 g/mol. The van der Waals surface area contributed by atoms with Gasteiger partial charge in [-0.05, 0) is 90.0 Å². The summed E-state index contributed by atoms with van der Waals surface area (Å²) in [5, 5.41) is 9.63. The van der Waals surface area contributed by atoms with Crippen LogP contribution in [0.15, 0.2) is 205 Å². The van der Waals surface area contributed by atoms with Crippen LogP contribution in [0.25, 0.3) is 116 Å². The average Bonchev–Trinajstić information content (AvgIpc) is 4.02. The van der Waals surface area contributed by atoms with E-state index in [2.05, 4.69) is 208 Å². The molecule has 0 saturated heterocycles. The van der Waals surface area contributed by atoms with E-state index in [1.54, 1.807) is 0 Å². The zero-order chi connectivity index (χ0) is 37.9. The Balaban J connectivity index is 1.02. The summed E-state index contributed by atoms with van der Waals surface area (Å²) < 4.78 is 13.8. The Morgan fingerprint density at radius 2 is 0.793 bits per heavy atom. The molecule has 0 saturated carbocycles. The van der Waals surface area contributed by atoms with Crippen molar-refractivity contribution in [2.75, 3.05) is 0 Å². The molecular weight excluding hydrogens is 707 g/mol. The Kier molecular flexibility index (Phi) is 6.41. The monoisotopic (exact) mass is 739 g/mol. The van der Waals surface area contributed by atoms with Gasteiger partial charge in [0.25, 0.3) is 0 Å². The van der Waals surface area contributed by atoms with Crippen molar-refractivity contribution < 1.29 is 4.42 Å². The lowest BCUT2D eigenvalue weighted by Crippen LogP contribution is -1.96. The van der Waals surface area contributed by atoms with Crippen molar-refractivity contribution in [1.29, 1.82) is 0 Å². The summed E-state index contributed by atoms with van der Waals surface area (Å²) in [5.41, 5.74) is 14.6. The van der Waals surface area contributed by atoms with Crippen LogP contribution >= 0.6 is 0 Å². The summed E-state index contributed by atoms with van der Waals surface area (Å²) in [6.45, 7) is 0. The van der Waals surface area contributed by atoms with Crippen molar-refractivity contribution >= 4 is 87.4 Å². The van der Waals surface area contributed by atoms with E-state index in [0.29, 0.717) is 0 Å². The second kappa shape index (κ2) is 11.8. The first kappa shape index (κ1) is 31.4. The van der Waals surface area contributed by atoms with Gasteiger partial charge < -0.3 is 18.1 Å². The van der Waals surface area contributed by atoms with Gasteiger partial charge in [0, 0.05) is 54.5 Å². The summed E-state index contributed by atoms with van der Waals surface area (Å²) >= 11 is 0. The number of benzene rings is 9. The van der Waals surface area contributed by atoms with Gasteiger partial charge in [-0.3, -0.25) is 0 Å². The van der Waals surface area contributed by atoms with E-state index in [-0.39, 0.29) is 0 Å². The van der Waals surface area contributed by atoms with Gasteiger partial charge in [0.2, 0.25) is 0 Å². The Morgan fingerprint density at radius 1 is 0.276 bits per heavy atom. The number of fused-ring (bicyclic) bond motifs is 12. The van der Waals surface area contributed by atoms with Gasteiger partial charge >= 0.3 is 0 Å². The second-order valence-corrected chi connectivity index (χ2v) is 15.3. The predicted octanol–water partition coefficient (Wildman–Crippen LogP) is 14.5. The van der Waals surface area contributed by atoms with E-state index in [1.807, 2.05) is 6.07 Å². The van der Waals surface area contributed by atoms with Crippen LogP contribution in [0.4, 0.5) is 0 Å². The van der Waals surface area contributed by atoms with E-state index in [9.17, 15) is 0 Å². The van der Waals surface area contributed by atoms with Crippen molar-refractivity contribution in [3.63, 3.8) is 0 Å². The minimum absolute atomic E-state index is 0.896. The molecule has 0 radical (unpaired) electrons. The van der Waals surface area contributed by atoms with Gasteiger partial charge in [0.1, 0.15) is 5.58 Å². The van der Waals surface area contributed by atoms with Crippen LogP contribution in [-0.2, 0) is 0 Å². The Morgan fingerprint density at radius 3 is 1.57 bits per heavy atom. The first-order valence-corrected chi connectivity index (χ1v) is 19.8. The van der Waals surface area contributed by atoms with Crippen LogP contribution < -0.4 is 0 Å². The predicted molar refractivity (Wildman–Crippen MR) is 242 cm³/mol. The lowest BCUT2D eigenvalue weighted by atomic mass is 10.0. The smallest absolute Gasteiger partial charge is 0.159 e. The first-order chi connectivity index (χ1) is 28.8. The van der Waals surface area contributed by atoms with Gasteiger partial charge in [0.05, 0.1) is 38.8 Å². The highest BCUT2D eigenvalue weighted by atomic mass is 16.3. The zero-order valence-electron chi connectivity index (χ0n) is 31.3. The molecule has 13 aromatic rings. The Bertz CT molecular complexity index is 3800. The van der Waals surface area contributed by atoms with E-state index >= 15 is 0 Å². The summed E-state index contributed by atoms with van der Waals surface area (Å²) in [6.07, 6.45) is 0. The fourth-order valence-corrected chi connectivity index (χ4v) is 9.70. The summed E-state index contributed by atoms with van der Waals surface area (Å²) in [5.74, 6) is 0. The maximum atomic E-state index is 6.57. The topological polar surface area (TPSA) is 27.9 Å². The SMILES string of the molecule is c1ccc(-n2c3ccccc3c3cc(-c4ccc5c6ccccc6n(-c6ccc7c(c6)c6ccccc6n7-c6cccc7c6oc6ccccc67)c5c4)ccc32)cc1. The standard InChI is InChI=1S/C54H33N3O/c1-2-13-36(14-3-1)55-47-21-9-5-16-39(47)44-31-34(26-29-49(44)55)35-25-28-41-38-15-4-8-20-46(38)56(52(41)32-35)37-27-30-50-45(33-37)40-17-6-10-22-48(40)57(50)51-23-12-19-43-42-18-7-11-24-53(42)58-54(43)51/h1-33H. The van der Waals surface area contributed by atoms with Crippen molar-refractivity contribution in [2.24, 2.45) is 0 Å². The van der Waals surface area contributed by atoms with Crippen LogP contribution in [-0.4, -0.2) is 13.7 Å². The van der Waals surface area contributed by atoms with E-state index in [4.69, 9.17) is 4.42 Å². The molecule has 4 heteroatoms. The minimum Gasteiger partial charge on any atom is -0.454 e. The minimum atomic E-state index is 0.896. The molecule has 0 atom stereocenters. The van der Waals surface area contributed by atoms with Crippen LogP contribution in [0.5, 0.6) is 0 Å². The van der Waals surface area contributed by atoms with Crippen LogP contribution in [0.1, 0.15) is 0 Å². The largest absolute Gasteiger partial charge is 0.454 e. The fraction of sp³-hybridized carbons (Fsp3) is 0. The number of rotatable bonds is 4. The molecule has 13 rings (SSSR count). The third-order valence-electron chi connectivity index (χ3n) is 12.2. The maximum Gasteiger partial charge on any atom is 0.159 e. The molecule has 270 valence electrons. The molecule has 0 amide bonds. The molecule has 4 heterocycles. The number of hydrogen-bond acceptors (Lipinski definition) is 1. The molecular formula is C54H33N3O. The van der Waals surface area contributed by atoms with Crippen molar-refractivity contribution in [2.45, 2.75) is 0 Å². The Hall–Kier alpha value is -7.82. The molecule has 58 heavy (non-hydrogen) atoms. The summed E-state index contributed by atoms with van der Waals surface area (Å²) in [4.78, 5) is 0. The molecule has 4 aromatic heterocycles. The number of furan rings is 1. The lowest BCUT2D eigenvalue weighted by molar-refractivity contribution is 0.666. The van der Waals surface area contributed by atoms with E-state index in [0.717, 1.165) is 44.3 Å². The summed E-state index contributed by atoms with van der Waals surface area (Å²) in [7, 11) is 0. The zero-order valence-corrected chi connectivity index (χ0v) is 31.3. The van der Waals surface area contributed by atoms with Crippen molar-refractivity contribution in [3.8, 4) is 28.2 Å². The third kappa shape index (κ3) is 4.34. The van der Waals surface area contributed by atoms with E-state index in [1.165, 1.54) is 71.2 Å². The molecule has 9 aromatic carbocycles. The highest BCUT2D eigenvalue weighted by Gasteiger charge is 2.20. The van der Waals surface area contributed by atoms with E-state index < -0.39 is 0 Å². The molecule has 0 aliphatic carbocycles. The third-order valence-corrected chi connectivity index (χ3v) is 12.2. The number of para-hydroxylation sites is 6. The maximum absolute atomic E-state index is 6.57. The molecule has 0 fully saturated rings. The van der Waals surface area contributed by atoms with Crippen LogP contribution in [0.3, 0.4) is 0 Å². The molecule has 0 unspecified atom stereocenters. The highest BCUT2D eigenvalue weighted by molar-refractivity contribution is 6.15. The normalized spacial score (nSPS) is 12.1. The fourth-order valence-electron chi connectivity index (χ4n) is 9.70. The van der Waals surface area contributed by atoms with Crippen LogP contribution in [0, 0.1) is 0 Å².